The first kappa shape index (κ1) is 23.3. The molecule has 2 rings (SSSR count). The van der Waals surface area contributed by atoms with Gasteiger partial charge in [0.1, 0.15) is 8.55 Å². The molecule has 0 aliphatic heterocycles. The summed E-state index contributed by atoms with van der Waals surface area (Å²) in [5.74, 6) is 0. The number of anilines is 1. The van der Waals surface area contributed by atoms with Crippen LogP contribution in [-0.2, 0) is 15.6 Å². The molecular formula is C14H9BrClF6NO3S2. The molecule has 1 N–H and O–H groups in total. The fourth-order valence-corrected chi connectivity index (χ4v) is 5.80. The molecular weight excluding hydrogens is 524 g/mol. The van der Waals surface area contributed by atoms with Gasteiger partial charge >= 0.3 is 12.4 Å². The lowest BCUT2D eigenvalue weighted by atomic mass is 9.92. The van der Waals surface area contributed by atoms with Gasteiger partial charge in [-0.3, -0.25) is 4.31 Å². The lowest BCUT2D eigenvalue weighted by Gasteiger charge is -2.32. The SMILES string of the molecule is CN(c1ccc(C(O)(C(F)(F)F)C(F)(F)F)cc1)S(=O)(=O)c1cc(Br)c(Cl)s1. The van der Waals surface area contributed by atoms with Gasteiger partial charge in [-0.1, -0.05) is 23.7 Å². The summed E-state index contributed by atoms with van der Waals surface area (Å²) in [4.78, 5) is 0. The Morgan fingerprint density at radius 1 is 1.07 bits per heavy atom. The van der Waals surface area contributed by atoms with Crippen LogP contribution in [0.25, 0.3) is 0 Å². The van der Waals surface area contributed by atoms with Gasteiger partial charge < -0.3 is 5.11 Å². The molecule has 156 valence electrons. The highest BCUT2D eigenvalue weighted by atomic mass is 79.9. The first-order valence-corrected chi connectivity index (χ1v) is 10.4. The smallest absolute Gasteiger partial charge is 0.369 e. The van der Waals surface area contributed by atoms with Crippen LogP contribution in [0.5, 0.6) is 0 Å². The highest BCUT2D eigenvalue weighted by molar-refractivity contribution is 9.10. The standard InChI is InChI=1S/C14H9BrClF6NO3S2/c1-23(28(25,26)10-6-9(15)11(16)27-10)8-4-2-7(3-5-8)12(24,13(17,18)19)14(20,21)22/h2-6,24H,1H3. The normalized spacial score (nSPS) is 13.6. The maximum absolute atomic E-state index is 12.9. The largest absolute Gasteiger partial charge is 0.430 e. The summed E-state index contributed by atoms with van der Waals surface area (Å²) in [5.41, 5.74) is -6.82. The Balaban J connectivity index is 2.46. The van der Waals surface area contributed by atoms with Crippen molar-refractivity contribution in [3.05, 3.63) is 44.7 Å². The van der Waals surface area contributed by atoms with E-state index in [4.69, 9.17) is 11.6 Å². The van der Waals surface area contributed by atoms with Crippen LogP contribution < -0.4 is 4.31 Å². The second-order valence-corrected chi connectivity index (χ2v) is 10.1. The van der Waals surface area contributed by atoms with Gasteiger partial charge in [-0.2, -0.15) is 26.3 Å². The number of benzene rings is 1. The van der Waals surface area contributed by atoms with Crippen LogP contribution in [0.4, 0.5) is 32.0 Å². The van der Waals surface area contributed by atoms with Gasteiger partial charge in [-0.15, -0.1) is 11.3 Å². The van der Waals surface area contributed by atoms with Crippen LogP contribution in [0.1, 0.15) is 5.56 Å². The lowest BCUT2D eigenvalue weighted by molar-refractivity contribution is -0.376. The van der Waals surface area contributed by atoms with Crippen molar-refractivity contribution in [2.45, 2.75) is 22.2 Å². The minimum atomic E-state index is -6.04. The molecule has 0 amide bonds. The summed E-state index contributed by atoms with van der Waals surface area (Å²) < 4.78 is 103. The minimum absolute atomic E-state index is 0.141. The number of rotatable bonds is 4. The Morgan fingerprint density at radius 2 is 1.54 bits per heavy atom. The molecule has 0 saturated carbocycles. The zero-order chi connectivity index (χ0) is 21.7. The predicted molar refractivity (Wildman–Crippen MR) is 95.1 cm³/mol. The van der Waals surface area contributed by atoms with Crippen LogP contribution in [0.15, 0.2) is 39.0 Å². The Labute approximate surface area is 172 Å². The molecule has 0 radical (unpaired) electrons. The fraction of sp³-hybridized carbons (Fsp3) is 0.286. The van der Waals surface area contributed by atoms with Gasteiger partial charge in [-0.25, -0.2) is 8.42 Å². The van der Waals surface area contributed by atoms with Crippen LogP contribution in [0.2, 0.25) is 4.34 Å². The van der Waals surface area contributed by atoms with Crippen LogP contribution in [0.3, 0.4) is 0 Å². The van der Waals surface area contributed by atoms with Gasteiger partial charge in [0.2, 0.25) is 0 Å². The summed E-state index contributed by atoms with van der Waals surface area (Å²) in [7, 11) is -3.11. The Hall–Kier alpha value is -1.02. The van der Waals surface area contributed by atoms with Crippen molar-refractivity contribution in [1.82, 2.24) is 0 Å². The van der Waals surface area contributed by atoms with Crippen molar-refractivity contribution in [2.24, 2.45) is 0 Å². The average Bonchev–Trinajstić information content (AvgIpc) is 2.91. The first-order chi connectivity index (χ1) is 12.5. The van der Waals surface area contributed by atoms with Crippen molar-refractivity contribution >= 4 is 54.6 Å². The number of nitrogens with zero attached hydrogens (tertiary/aromatic N) is 1. The molecule has 4 nitrogen and oxygen atoms in total. The molecule has 28 heavy (non-hydrogen) atoms. The molecule has 1 aromatic carbocycles. The zero-order valence-corrected chi connectivity index (χ0v) is 17.4. The highest BCUT2D eigenvalue weighted by Crippen LogP contribution is 2.50. The molecule has 0 aliphatic carbocycles. The van der Waals surface area contributed by atoms with E-state index in [-0.39, 0.29) is 14.2 Å². The van der Waals surface area contributed by atoms with E-state index >= 15 is 0 Å². The molecule has 0 spiro atoms. The van der Waals surface area contributed by atoms with E-state index in [1.807, 2.05) is 0 Å². The van der Waals surface area contributed by atoms with Crippen molar-refractivity contribution < 1.29 is 39.9 Å². The summed E-state index contributed by atoms with van der Waals surface area (Å²) in [6.07, 6.45) is -12.1. The number of hydrogen-bond acceptors (Lipinski definition) is 4. The molecule has 0 unspecified atom stereocenters. The minimum Gasteiger partial charge on any atom is -0.369 e. The van der Waals surface area contributed by atoms with E-state index in [0.29, 0.717) is 32.2 Å². The summed E-state index contributed by atoms with van der Waals surface area (Å²) in [5, 5.41) is 9.36. The Kier molecular flexibility index (Phi) is 6.10. The van der Waals surface area contributed by atoms with Gasteiger partial charge in [0, 0.05) is 17.1 Å². The van der Waals surface area contributed by atoms with Crippen LogP contribution >= 0.6 is 38.9 Å². The maximum Gasteiger partial charge on any atom is 0.430 e. The molecule has 0 bridgehead atoms. The van der Waals surface area contributed by atoms with Crippen molar-refractivity contribution in [3.63, 3.8) is 0 Å². The molecule has 1 aromatic heterocycles. The number of alkyl halides is 6. The second kappa shape index (κ2) is 7.35. The summed E-state index contributed by atoms with van der Waals surface area (Å²) >= 11 is 9.54. The number of halogens is 8. The van der Waals surface area contributed by atoms with Crippen LogP contribution in [0, 0.1) is 0 Å². The van der Waals surface area contributed by atoms with Gasteiger partial charge in [-0.05, 0) is 34.1 Å². The average molecular weight is 533 g/mol. The van der Waals surface area contributed by atoms with E-state index in [9.17, 15) is 39.9 Å². The van der Waals surface area contributed by atoms with E-state index in [2.05, 4.69) is 15.9 Å². The van der Waals surface area contributed by atoms with Crippen molar-refractivity contribution in [2.75, 3.05) is 11.4 Å². The van der Waals surface area contributed by atoms with Gasteiger partial charge in [0.15, 0.2) is 0 Å². The highest BCUT2D eigenvalue weighted by Gasteiger charge is 2.71. The first-order valence-electron chi connectivity index (χ1n) is 6.93. The van der Waals surface area contributed by atoms with Gasteiger partial charge in [0.25, 0.3) is 15.6 Å². The Bertz CT molecular complexity index is 939. The molecule has 0 aliphatic rings. The maximum atomic E-state index is 12.9. The van der Waals surface area contributed by atoms with Crippen molar-refractivity contribution in [1.29, 1.82) is 0 Å². The van der Waals surface area contributed by atoms with Gasteiger partial charge in [0.05, 0.1) is 5.69 Å². The number of sulfonamides is 1. The van der Waals surface area contributed by atoms with E-state index < -0.39 is 33.5 Å². The molecule has 0 atom stereocenters. The molecule has 2 aromatic rings. The predicted octanol–water partition coefficient (Wildman–Crippen LogP) is 5.30. The topological polar surface area (TPSA) is 57.6 Å². The third-order valence-electron chi connectivity index (χ3n) is 3.71. The summed E-state index contributed by atoms with van der Waals surface area (Å²) in [6, 6.07) is 3.37. The van der Waals surface area contributed by atoms with Crippen LogP contribution in [-0.4, -0.2) is 32.9 Å². The van der Waals surface area contributed by atoms with E-state index in [1.54, 1.807) is 0 Å². The number of thiophene rings is 1. The molecule has 14 heteroatoms. The molecule has 1 heterocycles. The van der Waals surface area contributed by atoms with E-state index in [1.165, 1.54) is 6.07 Å². The quantitative estimate of drug-likeness (QED) is 0.544. The molecule has 0 fully saturated rings. The second-order valence-electron chi connectivity index (χ2n) is 5.41. The summed E-state index contributed by atoms with van der Waals surface area (Å²) in [6.45, 7) is 0. The third kappa shape index (κ3) is 3.86. The molecule has 0 saturated heterocycles. The Morgan fingerprint density at radius 3 is 1.89 bits per heavy atom. The van der Waals surface area contributed by atoms with E-state index in [0.717, 1.165) is 19.2 Å². The monoisotopic (exact) mass is 531 g/mol. The third-order valence-corrected chi connectivity index (χ3v) is 8.42. The number of aliphatic hydroxyl groups is 1. The number of hydrogen-bond donors (Lipinski definition) is 1. The van der Waals surface area contributed by atoms with Crippen molar-refractivity contribution in [3.8, 4) is 0 Å². The fourth-order valence-electron chi connectivity index (χ4n) is 2.13. The zero-order valence-electron chi connectivity index (χ0n) is 13.4. The lowest BCUT2D eigenvalue weighted by Crippen LogP contribution is -2.53.